The summed E-state index contributed by atoms with van der Waals surface area (Å²) in [6.07, 6.45) is 3.43. The molecule has 4 nitrogen and oxygen atoms in total. The van der Waals surface area contributed by atoms with Gasteiger partial charge >= 0.3 is 0 Å². The van der Waals surface area contributed by atoms with E-state index in [0.29, 0.717) is 11.6 Å². The lowest BCUT2D eigenvalue weighted by molar-refractivity contribution is 0.590. The van der Waals surface area contributed by atoms with Gasteiger partial charge in [-0.15, -0.1) is 0 Å². The summed E-state index contributed by atoms with van der Waals surface area (Å²) in [4.78, 5) is 8.05. The number of nitrogen functional groups attached to an aromatic ring is 2. The Kier molecular flexibility index (Phi) is 5.53. The van der Waals surface area contributed by atoms with Gasteiger partial charge in [0.25, 0.3) is 0 Å². The van der Waals surface area contributed by atoms with Crippen LogP contribution in [0.3, 0.4) is 0 Å². The molecular weight excluding hydrogens is 272 g/mol. The largest absolute Gasteiger partial charge is 0.383 e. The molecule has 0 atom stereocenters. The van der Waals surface area contributed by atoms with E-state index in [0.717, 1.165) is 11.1 Å². The maximum Gasteiger partial charge on any atom is 0.127 e. The zero-order chi connectivity index (χ0) is 17.0. The van der Waals surface area contributed by atoms with Gasteiger partial charge in [0.05, 0.1) is 0 Å². The van der Waals surface area contributed by atoms with Crippen molar-refractivity contribution in [1.29, 1.82) is 0 Å². The van der Waals surface area contributed by atoms with Crippen LogP contribution in [0.15, 0.2) is 36.7 Å². The number of hydrogen-bond donors (Lipinski definition) is 2. The van der Waals surface area contributed by atoms with Crippen molar-refractivity contribution >= 4 is 11.6 Å². The number of nitrogens with zero attached hydrogens (tertiary/aromatic N) is 2. The highest BCUT2D eigenvalue weighted by Gasteiger charge is 2.17. The highest BCUT2D eigenvalue weighted by atomic mass is 14.8. The van der Waals surface area contributed by atoms with Gasteiger partial charge in [-0.1, -0.05) is 53.7 Å². The standard InChI is InChI=1S/2C9H14N2/c2*1-9(2,3)7-5-4-6-11-8(7)10/h2*4-6H,1-3H3,(H2,10,11). The molecule has 0 spiro atoms. The highest BCUT2D eigenvalue weighted by molar-refractivity contribution is 5.43. The number of hydrogen-bond acceptors (Lipinski definition) is 4. The van der Waals surface area contributed by atoms with E-state index in [2.05, 4.69) is 51.5 Å². The second-order valence-corrected chi connectivity index (χ2v) is 7.37. The van der Waals surface area contributed by atoms with Gasteiger partial charge in [0.1, 0.15) is 11.6 Å². The lowest BCUT2D eigenvalue weighted by Crippen LogP contribution is -2.14. The number of nitrogens with two attached hydrogens (primary N) is 2. The first-order valence-electron chi connectivity index (χ1n) is 7.45. The van der Waals surface area contributed by atoms with Gasteiger partial charge in [0, 0.05) is 12.4 Å². The molecule has 0 saturated heterocycles. The molecule has 120 valence electrons. The quantitative estimate of drug-likeness (QED) is 0.773. The SMILES string of the molecule is CC(C)(C)c1cccnc1N.CC(C)(C)c1cccnc1N. The monoisotopic (exact) mass is 300 g/mol. The smallest absolute Gasteiger partial charge is 0.127 e. The minimum atomic E-state index is 0.0956. The summed E-state index contributed by atoms with van der Waals surface area (Å²) >= 11 is 0. The Bertz CT molecular complexity index is 551. The number of pyridine rings is 2. The van der Waals surface area contributed by atoms with E-state index < -0.39 is 0 Å². The van der Waals surface area contributed by atoms with Crippen molar-refractivity contribution < 1.29 is 0 Å². The Morgan fingerprint density at radius 1 is 0.682 bits per heavy atom. The zero-order valence-electron chi connectivity index (χ0n) is 14.5. The predicted molar refractivity (Wildman–Crippen MR) is 94.7 cm³/mol. The summed E-state index contributed by atoms with van der Waals surface area (Å²) in [6, 6.07) is 7.86. The summed E-state index contributed by atoms with van der Waals surface area (Å²) in [7, 11) is 0. The first-order valence-corrected chi connectivity index (χ1v) is 7.45. The first-order chi connectivity index (χ1) is 10.0. The Labute approximate surface area is 134 Å². The average Bonchev–Trinajstić information content (AvgIpc) is 2.37. The van der Waals surface area contributed by atoms with Crippen LogP contribution in [0.2, 0.25) is 0 Å². The van der Waals surface area contributed by atoms with Crippen molar-refractivity contribution in [2.45, 2.75) is 52.4 Å². The molecule has 2 rings (SSSR count). The van der Waals surface area contributed by atoms with Gasteiger partial charge in [-0.05, 0) is 34.1 Å². The summed E-state index contributed by atoms with van der Waals surface area (Å²) < 4.78 is 0. The third kappa shape index (κ3) is 5.02. The predicted octanol–water partition coefficient (Wildman–Crippen LogP) is 3.92. The molecule has 0 unspecified atom stereocenters. The summed E-state index contributed by atoms with van der Waals surface area (Å²) in [6.45, 7) is 12.8. The lowest BCUT2D eigenvalue weighted by atomic mass is 9.87. The first kappa shape index (κ1) is 18.0. The molecular formula is C18H28N4. The van der Waals surface area contributed by atoms with E-state index in [9.17, 15) is 0 Å². The molecule has 2 heterocycles. The Balaban J connectivity index is 0.000000220. The third-order valence-electron chi connectivity index (χ3n) is 3.29. The van der Waals surface area contributed by atoms with E-state index in [4.69, 9.17) is 11.5 Å². The van der Waals surface area contributed by atoms with Crippen LogP contribution in [0.1, 0.15) is 52.7 Å². The molecule has 0 aliphatic rings. The molecule has 4 heteroatoms. The molecule has 0 saturated carbocycles. The normalized spacial score (nSPS) is 11.5. The van der Waals surface area contributed by atoms with Gasteiger partial charge in [-0.3, -0.25) is 0 Å². The van der Waals surface area contributed by atoms with E-state index in [-0.39, 0.29) is 10.8 Å². The van der Waals surface area contributed by atoms with Crippen LogP contribution in [0.25, 0.3) is 0 Å². The lowest BCUT2D eigenvalue weighted by Gasteiger charge is -2.19. The Morgan fingerprint density at radius 3 is 1.18 bits per heavy atom. The van der Waals surface area contributed by atoms with Crippen molar-refractivity contribution in [3.8, 4) is 0 Å². The van der Waals surface area contributed by atoms with Gasteiger partial charge in [-0.2, -0.15) is 0 Å². The van der Waals surface area contributed by atoms with E-state index in [1.165, 1.54) is 0 Å². The molecule has 2 aromatic heterocycles. The van der Waals surface area contributed by atoms with Crippen LogP contribution in [0.4, 0.5) is 11.6 Å². The van der Waals surface area contributed by atoms with Crippen LogP contribution in [-0.4, -0.2) is 9.97 Å². The topological polar surface area (TPSA) is 77.8 Å². The molecule has 0 bridgehead atoms. The van der Waals surface area contributed by atoms with Gasteiger partial charge in [0.2, 0.25) is 0 Å². The van der Waals surface area contributed by atoms with E-state index >= 15 is 0 Å². The van der Waals surface area contributed by atoms with Gasteiger partial charge < -0.3 is 11.5 Å². The molecule has 2 aromatic rings. The second kappa shape index (κ2) is 6.77. The molecule has 0 fully saturated rings. The van der Waals surface area contributed by atoms with Crippen molar-refractivity contribution in [2.24, 2.45) is 0 Å². The van der Waals surface area contributed by atoms with Crippen LogP contribution >= 0.6 is 0 Å². The summed E-state index contributed by atoms with van der Waals surface area (Å²) in [5.74, 6) is 1.28. The number of rotatable bonds is 0. The molecule has 0 aliphatic heterocycles. The zero-order valence-corrected chi connectivity index (χ0v) is 14.5. The molecule has 22 heavy (non-hydrogen) atoms. The number of aromatic nitrogens is 2. The van der Waals surface area contributed by atoms with Gasteiger partial charge in [0.15, 0.2) is 0 Å². The maximum atomic E-state index is 5.70. The molecule has 0 radical (unpaired) electrons. The minimum Gasteiger partial charge on any atom is -0.383 e. The Hall–Kier alpha value is -2.10. The molecule has 0 aliphatic carbocycles. The fourth-order valence-corrected chi connectivity index (χ4v) is 2.10. The van der Waals surface area contributed by atoms with E-state index in [1.54, 1.807) is 12.4 Å². The van der Waals surface area contributed by atoms with Crippen LogP contribution in [0.5, 0.6) is 0 Å². The van der Waals surface area contributed by atoms with Crippen molar-refractivity contribution in [2.75, 3.05) is 11.5 Å². The fourth-order valence-electron chi connectivity index (χ4n) is 2.10. The average molecular weight is 300 g/mol. The van der Waals surface area contributed by atoms with E-state index in [1.807, 2.05) is 24.3 Å². The second-order valence-electron chi connectivity index (χ2n) is 7.37. The maximum absolute atomic E-state index is 5.70. The highest BCUT2D eigenvalue weighted by Crippen LogP contribution is 2.26. The van der Waals surface area contributed by atoms with Crippen molar-refractivity contribution in [3.05, 3.63) is 47.8 Å². The van der Waals surface area contributed by atoms with Crippen LogP contribution < -0.4 is 11.5 Å². The van der Waals surface area contributed by atoms with Crippen molar-refractivity contribution in [3.63, 3.8) is 0 Å². The molecule has 0 amide bonds. The van der Waals surface area contributed by atoms with Crippen LogP contribution in [-0.2, 0) is 10.8 Å². The number of anilines is 2. The fraction of sp³-hybridized carbons (Fsp3) is 0.444. The van der Waals surface area contributed by atoms with Crippen LogP contribution in [0, 0.1) is 0 Å². The third-order valence-corrected chi connectivity index (χ3v) is 3.29. The summed E-state index contributed by atoms with van der Waals surface area (Å²) in [5.41, 5.74) is 13.8. The van der Waals surface area contributed by atoms with Gasteiger partial charge in [-0.25, -0.2) is 9.97 Å². The van der Waals surface area contributed by atoms with Crippen molar-refractivity contribution in [1.82, 2.24) is 9.97 Å². The summed E-state index contributed by atoms with van der Waals surface area (Å²) in [5, 5.41) is 0. The minimum absolute atomic E-state index is 0.0956. The molecule has 0 aromatic carbocycles. The Morgan fingerprint density at radius 2 is 1.00 bits per heavy atom. The molecule has 4 N–H and O–H groups in total.